The van der Waals surface area contributed by atoms with Gasteiger partial charge in [-0.3, -0.25) is 4.79 Å². The number of allylic oxidation sites excluding steroid dienone is 1. The van der Waals surface area contributed by atoms with Gasteiger partial charge in [-0.05, 0) is 48.1 Å². The average molecular weight is 487 g/mol. The van der Waals surface area contributed by atoms with E-state index in [-0.39, 0.29) is 16.9 Å². The largest absolute Gasteiger partial charge is 0.506 e. The Morgan fingerprint density at radius 3 is 2.64 bits per heavy atom. The monoisotopic (exact) mass is 486 g/mol. The minimum Gasteiger partial charge on any atom is -0.506 e. The predicted molar refractivity (Wildman–Crippen MR) is 140 cm³/mol. The molecule has 36 heavy (non-hydrogen) atoms. The summed E-state index contributed by atoms with van der Waals surface area (Å²) in [7, 11) is 0. The van der Waals surface area contributed by atoms with E-state index < -0.39 is 11.9 Å². The van der Waals surface area contributed by atoms with E-state index in [1.165, 1.54) is 6.07 Å². The first-order valence-electron chi connectivity index (χ1n) is 12.4. The van der Waals surface area contributed by atoms with E-state index in [1.54, 1.807) is 24.3 Å². The Kier molecular flexibility index (Phi) is 6.44. The molecule has 0 spiro atoms. The molecule has 6 heteroatoms. The summed E-state index contributed by atoms with van der Waals surface area (Å²) >= 11 is 0. The molecule has 0 fully saturated rings. The fourth-order valence-electron chi connectivity index (χ4n) is 5.44. The number of rotatable bonds is 6. The molecular formula is C30H31FN2O3. The molecule has 186 valence electrons. The van der Waals surface area contributed by atoms with Crippen LogP contribution >= 0.6 is 0 Å². The van der Waals surface area contributed by atoms with Gasteiger partial charge in [-0.2, -0.15) is 0 Å². The standard InChI is InChI=1S/C30H31FN2O3/c1-3-14-30(2)16-24-27(26(35)17-30)28(32-23-10-7-11-25(34)29(23)33-24)21-13-12-20(15-22(21)31)36-18-19-8-5-4-6-9-19/h4-13,15,28,32-34H,3,14,16-18H2,1-2H3. The van der Waals surface area contributed by atoms with E-state index in [0.29, 0.717) is 47.7 Å². The maximum Gasteiger partial charge on any atom is 0.163 e. The van der Waals surface area contributed by atoms with Crippen LogP contribution in [0.1, 0.15) is 56.7 Å². The highest BCUT2D eigenvalue weighted by Crippen LogP contribution is 2.49. The first-order chi connectivity index (χ1) is 17.4. The Morgan fingerprint density at radius 1 is 1.08 bits per heavy atom. The van der Waals surface area contributed by atoms with Crippen molar-refractivity contribution in [2.45, 2.75) is 52.2 Å². The molecule has 0 saturated carbocycles. The number of anilines is 2. The van der Waals surface area contributed by atoms with Crippen molar-refractivity contribution in [1.29, 1.82) is 0 Å². The lowest BCUT2D eigenvalue weighted by Crippen LogP contribution is -2.33. The number of aromatic hydroxyl groups is 1. The third-order valence-electron chi connectivity index (χ3n) is 7.11. The fraction of sp³-hybridized carbons (Fsp3) is 0.300. The number of fused-ring (bicyclic) bond motifs is 1. The van der Waals surface area contributed by atoms with Crippen LogP contribution in [0.2, 0.25) is 0 Å². The van der Waals surface area contributed by atoms with Gasteiger partial charge in [0, 0.05) is 29.3 Å². The van der Waals surface area contributed by atoms with Gasteiger partial charge in [0.25, 0.3) is 0 Å². The number of carbonyl (C=O) groups is 1. The Hall–Kier alpha value is -3.80. The van der Waals surface area contributed by atoms with Gasteiger partial charge in [-0.15, -0.1) is 0 Å². The maximum atomic E-state index is 15.6. The highest BCUT2D eigenvalue weighted by atomic mass is 19.1. The van der Waals surface area contributed by atoms with E-state index >= 15 is 4.39 Å². The van der Waals surface area contributed by atoms with Crippen LogP contribution in [0.25, 0.3) is 0 Å². The summed E-state index contributed by atoms with van der Waals surface area (Å²) in [5.74, 6) is 0.0361. The molecule has 0 aromatic heterocycles. The lowest BCUT2D eigenvalue weighted by atomic mass is 9.70. The molecule has 5 rings (SSSR count). The number of benzene rings is 3. The minimum absolute atomic E-state index is 0.00620. The molecular weight excluding hydrogens is 455 g/mol. The molecule has 1 heterocycles. The quantitative estimate of drug-likeness (QED) is 0.324. The van der Waals surface area contributed by atoms with Gasteiger partial charge in [0.05, 0.1) is 11.7 Å². The van der Waals surface area contributed by atoms with Gasteiger partial charge in [-0.25, -0.2) is 4.39 Å². The molecule has 3 N–H and O–H groups in total. The van der Waals surface area contributed by atoms with Gasteiger partial charge >= 0.3 is 0 Å². The van der Waals surface area contributed by atoms with Crippen LogP contribution in [-0.4, -0.2) is 10.9 Å². The van der Waals surface area contributed by atoms with Gasteiger partial charge in [-0.1, -0.05) is 56.7 Å². The number of ketones is 1. The van der Waals surface area contributed by atoms with E-state index in [0.717, 1.165) is 24.1 Å². The second kappa shape index (κ2) is 9.69. The Balaban J connectivity index is 1.52. The van der Waals surface area contributed by atoms with Gasteiger partial charge in [0.1, 0.15) is 29.6 Å². The number of hydrogen-bond donors (Lipinski definition) is 3. The highest BCUT2D eigenvalue weighted by Gasteiger charge is 2.41. The Bertz CT molecular complexity index is 1320. The minimum atomic E-state index is -0.697. The number of Topliss-reactive ketones (excluding diaryl/α,β-unsaturated/α-hetero) is 1. The van der Waals surface area contributed by atoms with Gasteiger partial charge in [0.2, 0.25) is 0 Å². The number of ether oxygens (including phenoxy) is 1. The number of halogens is 1. The Morgan fingerprint density at radius 2 is 1.89 bits per heavy atom. The van der Waals surface area contributed by atoms with Crippen molar-refractivity contribution in [2.75, 3.05) is 10.6 Å². The summed E-state index contributed by atoms with van der Waals surface area (Å²) in [6.07, 6.45) is 2.93. The third-order valence-corrected chi connectivity index (χ3v) is 7.11. The van der Waals surface area contributed by atoms with E-state index in [9.17, 15) is 9.90 Å². The number of para-hydroxylation sites is 1. The predicted octanol–water partition coefficient (Wildman–Crippen LogP) is 7.11. The van der Waals surface area contributed by atoms with Crippen LogP contribution in [0, 0.1) is 11.2 Å². The molecule has 1 aliphatic heterocycles. The second-order valence-corrected chi connectivity index (χ2v) is 10.1. The summed E-state index contributed by atoms with van der Waals surface area (Å²) in [6, 6.07) is 18.9. The molecule has 0 radical (unpaired) electrons. The maximum absolute atomic E-state index is 15.6. The summed E-state index contributed by atoms with van der Waals surface area (Å²) in [5.41, 5.74) is 3.55. The molecule has 3 aromatic carbocycles. The summed E-state index contributed by atoms with van der Waals surface area (Å²) in [5, 5.41) is 17.3. The van der Waals surface area contributed by atoms with E-state index in [1.807, 2.05) is 36.4 Å². The average Bonchev–Trinajstić information content (AvgIpc) is 3.01. The molecule has 0 amide bonds. The van der Waals surface area contributed by atoms with Crippen LogP contribution < -0.4 is 15.4 Å². The topological polar surface area (TPSA) is 70.6 Å². The number of phenolic OH excluding ortho intramolecular Hbond substituents is 1. The molecule has 1 aliphatic carbocycles. The van der Waals surface area contributed by atoms with Crippen molar-refractivity contribution in [2.24, 2.45) is 5.41 Å². The zero-order valence-corrected chi connectivity index (χ0v) is 20.6. The molecule has 2 unspecified atom stereocenters. The highest BCUT2D eigenvalue weighted by molar-refractivity contribution is 6.01. The molecule has 2 atom stereocenters. The molecule has 2 aliphatic rings. The van der Waals surface area contributed by atoms with Crippen LogP contribution in [0.15, 0.2) is 78.0 Å². The zero-order valence-electron chi connectivity index (χ0n) is 20.6. The smallest absolute Gasteiger partial charge is 0.163 e. The van der Waals surface area contributed by atoms with Crippen molar-refractivity contribution < 1.29 is 19.0 Å². The van der Waals surface area contributed by atoms with Crippen molar-refractivity contribution in [3.05, 3.63) is 94.9 Å². The first-order valence-corrected chi connectivity index (χ1v) is 12.4. The molecule has 5 nitrogen and oxygen atoms in total. The van der Waals surface area contributed by atoms with Crippen molar-refractivity contribution in [3.8, 4) is 11.5 Å². The second-order valence-electron chi connectivity index (χ2n) is 10.1. The van der Waals surface area contributed by atoms with Gasteiger partial charge < -0.3 is 20.5 Å². The molecule has 0 bridgehead atoms. The molecule has 3 aromatic rings. The Labute approximate surface area is 211 Å². The normalized spacial score (nSPS) is 21.1. The summed E-state index contributed by atoms with van der Waals surface area (Å²) in [4.78, 5) is 13.6. The van der Waals surface area contributed by atoms with E-state index in [2.05, 4.69) is 24.5 Å². The fourth-order valence-corrected chi connectivity index (χ4v) is 5.44. The van der Waals surface area contributed by atoms with Gasteiger partial charge in [0.15, 0.2) is 5.78 Å². The summed E-state index contributed by atoms with van der Waals surface area (Å²) < 4.78 is 21.4. The third kappa shape index (κ3) is 4.68. The van der Waals surface area contributed by atoms with Crippen LogP contribution in [0.5, 0.6) is 11.5 Å². The lowest BCUT2D eigenvalue weighted by Gasteiger charge is -2.37. The number of nitrogens with one attached hydrogen (secondary N) is 2. The number of carbonyl (C=O) groups excluding carboxylic acids is 1. The zero-order chi connectivity index (χ0) is 25.3. The van der Waals surface area contributed by atoms with Crippen molar-refractivity contribution in [1.82, 2.24) is 0 Å². The lowest BCUT2D eigenvalue weighted by molar-refractivity contribution is -0.118. The number of hydrogen-bond acceptors (Lipinski definition) is 5. The van der Waals surface area contributed by atoms with Crippen LogP contribution in [-0.2, 0) is 11.4 Å². The van der Waals surface area contributed by atoms with Crippen molar-refractivity contribution in [3.63, 3.8) is 0 Å². The van der Waals surface area contributed by atoms with Crippen LogP contribution in [0.3, 0.4) is 0 Å². The summed E-state index contributed by atoms with van der Waals surface area (Å²) in [6.45, 7) is 4.57. The molecule has 0 saturated heterocycles. The number of phenols is 1. The first kappa shape index (κ1) is 23.9. The van der Waals surface area contributed by atoms with Crippen LogP contribution in [0.4, 0.5) is 15.8 Å². The SMILES string of the molecule is CCCC1(C)CC(=O)C2=C(C1)Nc1c(O)cccc1NC2c1ccc(OCc2ccccc2)cc1F. The van der Waals surface area contributed by atoms with Crippen molar-refractivity contribution >= 4 is 17.2 Å². The van der Waals surface area contributed by atoms with E-state index in [4.69, 9.17) is 4.74 Å².